The second kappa shape index (κ2) is 6.82. The first-order chi connectivity index (χ1) is 11.2. The normalized spacial score (nSPS) is 18.2. The Morgan fingerprint density at radius 1 is 1.48 bits per heavy atom. The van der Waals surface area contributed by atoms with Crippen molar-refractivity contribution in [1.29, 1.82) is 0 Å². The van der Waals surface area contributed by atoms with Crippen molar-refractivity contribution in [3.8, 4) is 0 Å². The Hall–Kier alpha value is -2.35. The van der Waals surface area contributed by atoms with Crippen molar-refractivity contribution in [2.75, 3.05) is 19.7 Å². The van der Waals surface area contributed by atoms with Gasteiger partial charge in [-0.05, 0) is 19.4 Å². The van der Waals surface area contributed by atoms with Gasteiger partial charge in [0, 0.05) is 19.2 Å². The summed E-state index contributed by atoms with van der Waals surface area (Å²) < 4.78 is 5.72. The second-order valence-corrected chi connectivity index (χ2v) is 5.49. The zero-order chi connectivity index (χ0) is 16.2. The first-order valence-electron chi connectivity index (χ1n) is 7.79. The van der Waals surface area contributed by atoms with Crippen LogP contribution >= 0.6 is 0 Å². The predicted molar refractivity (Wildman–Crippen MR) is 81.7 cm³/mol. The highest BCUT2D eigenvalue weighted by atomic mass is 16.5. The van der Waals surface area contributed by atoms with E-state index in [1.807, 2.05) is 0 Å². The predicted octanol–water partition coefficient (Wildman–Crippen LogP) is 1.07. The second-order valence-electron chi connectivity index (χ2n) is 5.49. The Labute approximate surface area is 134 Å². The number of H-pyrrole nitrogens is 1. The van der Waals surface area contributed by atoms with Crippen LogP contribution in [-0.4, -0.2) is 55.7 Å². The summed E-state index contributed by atoms with van der Waals surface area (Å²) in [6.45, 7) is 5.26. The fourth-order valence-electron chi connectivity index (χ4n) is 2.53. The number of carbonyl (C=O) groups excluding carboxylic acids is 1. The Morgan fingerprint density at radius 3 is 3.13 bits per heavy atom. The fourth-order valence-corrected chi connectivity index (χ4v) is 2.53. The van der Waals surface area contributed by atoms with Crippen LogP contribution in [0.2, 0.25) is 0 Å². The number of ether oxygens (including phenoxy) is 1. The van der Waals surface area contributed by atoms with Gasteiger partial charge in [0.05, 0.1) is 13.2 Å². The first-order valence-corrected chi connectivity index (χ1v) is 7.79. The van der Waals surface area contributed by atoms with E-state index in [1.54, 1.807) is 24.1 Å². The van der Waals surface area contributed by atoms with Gasteiger partial charge in [0.15, 0.2) is 5.82 Å². The molecule has 1 saturated heterocycles. The summed E-state index contributed by atoms with van der Waals surface area (Å²) in [4.78, 5) is 27.0. The van der Waals surface area contributed by atoms with Gasteiger partial charge in [0.2, 0.25) is 0 Å². The topological polar surface area (TPSA) is 96.9 Å². The minimum Gasteiger partial charge on any atom is -0.366 e. The SMILES string of the molecule is CCCc1nc([C@H]2CN(C(=O)c3ccnc(C)n3)CCO2)n[nH]1. The molecule has 1 fully saturated rings. The number of nitrogens with one attached hydrogen (secondary N) is 1. The molecule has 2 aromatic rings. The van der Waals surface area contributed by atoms with Crippen LogP contribution in [0.15, 0.2) is 12.3 Å². The zero-order valence-corrected chi connectivity index (χ0v) is 13.3. The van der Waals surface area contributed by atoms with Crippen molar-refractivity contribution < 1.29 is 9.53 Å². The van der Waals surface area contributed by atoms with E-state index in [4.69, 9.17) is 4.74 Å². The Balaban J connectivity index is 1.71. The fraction of sp³-hybridized carbons (Fsp3) is 0.533. The van der Waals surface area contributed by atoms with Gasteiger partial charge in [-0.3, -0.25) is 9.89 Å². The number of morpholine rings is 1. The van der Waals surface area contributed by atoms with Crippen molar-refractivity contribution >= 4 is 5.91 Å². The number of nitrogens with zero attached hydrogens (tertiary/aromatic N) is 5. The maximum Gasteiger partial charge on any atom is 0.272 e. The Bertz CT molecular complexity index is 686. The number of rotatable bonds is 4. The van der Waals surface area contributed by atoms with Crippen LogP contribution in [-0.2, 0) is 11.2 Å². The van der Waals surface area contributed by atoms with Crippen molar-refractivity contribution in [3.63, 3.8) is 0 Å². The molecule has 0 bridgehead atoms. The smallest absolute Gasteiger partial charge is 0.272 e. The van der Waals surface area contributed by atoms with Gasteiger partial charge in [-0.2, -0.15) is 5.10 Å². The Kier molecular flexibility index (Phi) is 4.61. The summed E-state index contributed by atoms with van der Waals surface area (Å²) in [7, 11) is 0. The minimum atomic E-state index is -0.308. The molecule has 8 heteroatoms. The quantitative estimate of drug-likeness (QED) is 0.906. The molecule has 1 N–H and O–H groups in total. The van der Waals surface area contributed by atoms with Crippen LogP contribution < -0.4 is 0 Å². The highest BCUT2D eigenvalue weighted by Gasteiger charge is 2.29. The van der Waals surface area contributed by atoms with Gasteiger partial charge >= 0.3 is 0 Å². The van der Waals surface area contributed by atoms with Crippen LogP contribution in [0.5, 0.6) is 0 Å². The van der Waals surface area contributed by atoms with Crippen LogP contribution in [0.25, 0.3) is 0 Å². The van der Waals surface area contributed by atoms with E-state index in [0.29, 0.717) is 37.0 Å². The molecule has 3 heterocycles. The van der Waals surface area contributed by atoms with Gasteiger partial charge < -0.3 is 9.64 Å². The molecule has 0 saturated carbocycles. The largest absolute Gasteiger partial charge is 0.366 e. The number of aryl methyl sites for hydroxylation is 2. The third kappa shape index (κ3) is 3.53. The number of hydrogen-bond donors (Lipinski definition) is 1. The van der Waals surface area contributed by atoms with E-state index in [2.05, 4.69) is 32.1 Å². The lowest BCUT2D eigenvalue weighted by molar-refractivity contribution is -0.0268. The number of aromatic nitrogens is 5. The van der Waals surface area contributed by atoms with Gasteiger partial charge in [-0.15, -0.1) is 0 Å². The van der Waals surface area contributed by atoms with E-state index < -0.39 is 0 Å². The lowest BCUT2D eigenvalue weighted by Gasteiger charge is -2.31. The molecule has 0 aromatic carbocycles. The van der Waals surface area contributed by atoms with Crippen molar-refractivity contribution in [2.24, 2.45) is 0 Å². The lowest BCUT2D eigenvalue weighted by atomic mass is 10.2. The van der Waals surface area contributed by atoms with Gasteiger partial charge in [0.1, 0.15) is 23.4 Å². The molecular formula is C15H20N6O2. The van der Waals surface area contributed by atoms with E-state index in [9.17, 15) is 4.79 Å². The van der Waals surface area contributed by atoms with Crippen LogP contribution in [0.4, 0.5) is 0 Å². The maximum atomic E-state index is 12.6. The van der Waals surface area contributed by atoms with Crippen LogP contribution in [0.3, 0.4) is 0 Å². The average Bonchev–Trinajstić information content (AvgIpc) is 3.03. The van der Waals surface area contributed by atoms with E-state index in [-0.39, 0.29) is 12.0 Å². The molecule has 3 rings (SSSR count). The van der Waals surface area contributed by atoms with Crippen molar-refractivity contribution in [2.45, 2.75) is 32.8 Å². The molecule has 1 aliphatic heterocycles. The average molecular weight is 316 g/mol. The van der Waals surface area contributed by atoms with Crippen LogP contribution in [0, 0.1) is 6.92 Å². The molecule has 1 amide bonds. The third-order valence-electron chi connectivity index (χ3n) is 3.67. The number of carbonyl (C=O) groups is 1. The first kappa shape index (κ1) is 15.5. The summed E-state index contributed by atoms with van der Waals surface area (Å²) in [5.74, 6) is 1.91. The molecule has 0 spiro atoms. The molecule has 122 valence electrons. The highest BCUT2D eigenvalue weighted by Crippen LogP contribution is 2.20. The van der Waals surface area contributed by atoms with Crippen molar-refractivity contribution in [1.82, 2.24) is 30.0 Å². The van der Waals surface area contributed by atoms with E-state index in [0.717, 1.165) is 18.7 Å². The summed E-state index contributed by atoms with van der Waals surface area (Å²) in [5, 5.41) is 7.14. The summed E-state index contributed by atoms with van der Waals surface area (Å²) in [6.07, 6.45) is 3.14. The zero-order valence-electron chi connectivity index (χ0n) is 13.3. The maximum absolute atomic E-state index is 12.6. The standard InChI is InChI=1S/C15H20N6O2/c1-3-4-13-18-14(20-19-13)12-9-21(7-8-23-12)15(22)11-5-6-16-10(2)17-11/h5-6,12H,3-4,7-9H2,1-2H3,(H,18,19,20)/t12-/m1/s1. The molecule has 8 nitrogen and oxygen atoms in total. The molecule has 0 aliphatic carbocycles. The van der Waals surface area contributed by atoms with E-state index >= 15 is 0 Å². The highest BCUT2D eigenvalue weighted by molar-refractivity contribution is 5.92. The molecular weight excluding hydrogens is 296 g/mol. The van der Waals surface area contributed by atoms with Gasteiger partial charge in [0.25, 0.3) is 5.91 Å². The summed E-state index contributed by atoms with van der Waals surface area (Å²) in [5.41, 5.74) is 0.403. The van der Waals surface area contributed by atoms with Gasteiger partial charge in [-0.1, -0.05) is 6.92 Å². The molecule has 23 heavy (non-hydrogen) atoms. The lowest BCUT2D eigenvalue weighted by Crippen LogP contribution is -2.42. The van der Waals surface area contributed by atoms with Gasteiger partial charge in [-0.25, -0.2) is 15.0 Å². The minimum absolute atomic E-state index is 0.117. The molecule has 0 unspecified atom stereocenters. The molecule has 2 aromatic heterocycles. The third-order valence-corrected chi connectivity index (χ3v) is 3.67. The van der Waals surface area contributed by atoms with Crippen molar-refractivity contribution in [3.05, 3.63) is 35.4 Å². The molecule has 1 atom stereocenters. The Morgan fingerprint density at radius 2 is 2.35 bits per heavy atom. The number of hydrogen-bond acceptors (Lipinski definition) is 6. The summed E-state index contributed by atoms with van der Waals surface area (Å²) in [6, 6.07) is 1.63. The molecule has 1 aliphatic rings. The number of amides is 1. The number of aromatic amines is 1. The monoisotopic (exact) mass is 316 g/mol. The van der Waals surface area contributed by atoms with Crippen LogP contribution in [0.1, 0.15) is 47.4 Å². The van der Waals surface area contributed by atoms with E-state index in [1.165, 1.54) is 0 Å². The summed E-state index contributed by atoms with van der Waals surface area (Å²) >= 11 is 0. The molecule has 0 radical (unpaired) electrons.